The zero-order valence-corrected chi connectivity index (χ0v) is 15.2. The van der Waals surface area contributed by atoms with E-state index >= 15 is 0 Å². The molecule has 6 nitrogen and oxygen atoms in total. The van der Waals surface area contributed by atoms with E-state index in [1.807, 2.05) is 13.8 Å². The minimum Gasteiger partial charge on any atom is -0.444 e. The second-order valence-corrected chi connectivity index (χ2v) is 6.89. The Bertz CT molecular complexity index is 510. The van der Waals surface area contributed by atoms with Crippen molar-refractivity contribution in [3.05, 3.63) is 17.3 Å². The highest BCUT2D eigenvalue weighted by atomic mass is 16.4. The van der Waals surface area contributed by atoms with Gasteiger partial charge in [0.15, 0.2) is 5.96 Å². The first-order valence-corrected chi connectivity index (χ1v) is 8.55. The van der Waals surface area contributed by atoms with Gasteiger partial charge in [-0.3, -0.25) is 9.89 Å². The topological polar surface area (TPSA) is 65.7 Å². The first-order chi connectivity index (χ1) is 10.9. The fourth-order valence-corrected chi connectivity index (χ4v) is 2.91. The third-order valence-electron chi connectivity index (χ3n) is 4.60. The van der Waals surface area contributed by atoms with Gasteiger partial charge in [-0.15, -0.1) is 0 Å². The van der Waals surface area contributed by atoms with E-state index in [0.29, 0.717) is 12.4 Å². The first-order valence-electron chi connectivity index (χ1n) is 8.55. The molecule has 1 aromatic rings. The Balaban J connectivity index is 1.82. The van der Waals surface area contributed by atoms with Crippen LogP contribution in [0.4, 0.5) is 0 Å². The molecule has 2 N–H and O–H groups in total. The van der Waals surface area contributed by atoms with Crippen LogP contribution < -0.4 is 10.6 Å². The highest BCUT2D eigenvalue weighted by Crippen LogP contribution is 2.19. The van der Waals surface area contributed by atoms with Crippen LogP contribution in [0, 0.1) is 13.8 Å². The van der Waals surface area contributed by atoms with Crippen molar-refractivity contribution in [2.45, 2.75) is 59.0 Å². The van der Waals surface area contributed by atoms with Crippen molar-refractivity contribution in [3.63, 3.8) is 0 Å². The Morgan fingerprint density at radius 1 is 1.22 bits per heavy atom. The quantitative estimate of drug-likeness (QED) is 0.643. The molecule has 6 heteroatoms. The number of aliphatic imine (C=N–C) groups is 1. The monoisotopic (exact) mass is 321 g/mol. The molecule has 130 valence electrons. The van der Waals surface area contributed by atoms with E-state index in [1.165, 1.54) is 32.4 Å². The van der Waals surface area contributed by atoms with E-state index in [9.17, 15) is 0 Å². The van der Waals surface area contributed by atoms with Gasteiger partial charge in [-0.1, -0.05) is 6.42 Å². The molecule has 1 aliphatic heterocycles. The Hall–Kier alpha value is -1.56. The molecule has 2 rings (SSSR count). The number of guanidine groups is 1. The van der Waals surface area contributed by atoms with Crippen LogP contribution in [0.1, 0.15) is 50.5 Å². The maximum Gasteiger partial charge on any atom is 0.214 e. The number of nitrogens with one attached hydrogen (secondary N) is 2. The van der Waals surface area contributed by atoms with Gasteiger partial charge < -0.3 is 15.1 Å². The Morgan fingerprint density at radius 2 is 1.91 bits per heavy atom. The van der Waals surface area contributed by atoms with Gasteiger partial charge in [-0.05, 0) is 53.6 Å². The molecule has 0 atom stereocenters. The van der Waals surface area contributed by atoms with Crippen molar-refractivity contribution in [2.75, 3.05) is 26.7 Å². The van der Waals surface area contributed by atoms with Gasteiger partial charge in [-0.25, -0.2) is 4.98 Å². The lowest BCUT2D eigenvalue weighted by Crippen LogP contribution is -2.54. The summed E-state index contributed by atoms with van der Waals surface area (Å²) in [6, 6.07) is 0. The van der Waals surface area contributed by atoms with Crippen LogP contribution in [0.15, 0.2) is 9.41 Å². The second-order valence-electron chi connectivity index (χ2n) is 6.89. The Kier molecular flexibility index (Phi) is 6.04. The third-order valence-corrected chi connectivity index (χ3v) is 4.60. The van der Waals surface area contributed by atoms with E-state index in [1.54, 1.807) is 7.05 Å². The zero-order valence-electron chi connectivity index (χ0n) is 15.2. The molecular formula is C17H31N5O. The van der Waals surface area contributed by atoms with Crippen molar-refractivity contribution in [3.8, 4) is 0 Å². The molecule has 0 aliphatic carbocycles. The van der Waals surface area contributed by atoms with Gasteiger partial charge >= 0.3 is 0 Å². The number of hydrogen-bond donors (Lipinski definition) is 2. The van der Waals surface area contributed by atoms with Gasteiger partial charge in [-0.2, -0.15) is 0 Å². The van der Waals surface area contributed by atoms with Gasteiger partial charge in [0.05, 0.1) is 12.2 Å². The zero-order chi connectivity index (χ0) is 16.9. The molecule has 1 fully saturated rings. The molecule has 0 unspecified atom stereocenters. The average molecular weight is 321 g/mol. The number of piperidine rings is 1. The Morgan fingerprint density at radius 3 is 2.48 bits per heavy atom. The molecule has 0 aromatic carbocycles. The number of rotatable bonds is 5. The minimum atomic E-state index is 0.119. The lowest BCUT2D eigenvalue weighted by atomic mass is 9.98. The molecule has 0 radical (unpaired) electrons. The van der Waals surface area contributed by atoms with Crippen LogP contribution in [0.25, 0.3) is 0 Å². The minimum absolute atomic E-state index is 0.119. The SMILES string of the molecule is CN=C(NCc1nc(C)c(C)o1)NCC(C)(C)N1CCCCC1. The molecule has 1 aromatic heterocycles. The maximum absolute atomic E-state index is 5.59. The average Bonchev–Trinajstić information content (AvgIpc) is 2.87. The number of likely N-dealkylation sites (tertiary alicyclic amines) is 1. The standard InChI is InChI=1S/C17H31N5O/c1-13-14(2)23-15(21-13)11-19-16(18-5)20-12-17(3,4)22-9-7-6-8-10-22/h6-12H2,1-5H3,(H2,18,19,20). The highest BCUT2D eigenvalue weighted by Gasteiger charge is 2.27. The third kappa shape index (κ3) is 4.96. The summed E-state index contributed by atoms with van der Waals surface area (Å²) in [5, 5.41) is 6.69. The van der Waals surface area contributed by atoms with Crippen molar-refractivity contribution < 1.29 is 4.42 Å². The van der Waals surface area contributed by atoms with Crippen molar-refractivity contribution in [1.82, 2.24) is 20.5 Å². The summed E-state index contributed by atoms with van der Waals surface area (Å²) in [4.78, 5) is 11.2. The van der Waals surface area contributed by atoms with E-state index in [4.69, 9.17) is 4.42 Å². The molecular weight excluding hydrogens is 290 g/mol. The number of oxazole rings is 1. The smallest absolute Gasteiger partial charge is 0.214 e. The van der Waals surface area contributed by atoms with Gasteiger partial charge in [0, 0.05) is 19.1 Å². The predicted molar refractivity (Wildman–Crippen MR) is 93.7 cm³/mol. The molecule has 0 amide bonds. The summed E-state index contributed by atoms with van der Waals surface area (Å²) >= 11 is 0. The summed E-state index contributed by atoms with van der Waals surface area (Å²) in [5.74, 6) is 2.35. The molecule has 23 heavy (non-hydrogen) atoms. The van der Waals surface area contributed by atoms with E-state index in [0.717, 1.165) is 24.0 Å². The van der Waals surface area contributed by atoms with Crippen LogP contribution in [-0.2, 0) is 6.54 Å². The molecule has 1 aliphatic rings. The predicted octanol–water partition coefficient (Wildman–Crippen LogP) is 2.22. The van der Waals surface area contributed by atoms with Crippen LogP contribution >= 0.6 is 0 Å². The van der Waals surface area contributed by atoms with Crippen LogP contribution in [0.5, 0.6) is 0 Å². The summed E-state index contributed by atoms with van der Waals surface area (Å²) in [6.07, 6.45) is 3.97. The van der Waals surface area contributed by atoms with Crippen molar-refractivity contribution >= 4 is 5.96 Å². The first kappa shape index (κ1) is 17.8. The van der Waals surface area contributed by atoms with Gasteiger partial charge in [0.1, 0.15) is 5.76 Å². The lowest BCUT2D eigenvalue weighted by Gasteiger charge is -2.41. The maximum atomic E-state index is 5.59. The summed E-state index contributed by atoms with van der Waals surface area (Å²) in [5.41, 5.74) is 1.06. The van der Waals surface area contributed by atoms with Crippen molar-refractivity contribution in [2.24, 2.45) is 4.99 Å². The number of nitrogens with zero attached hydrogens (tertiary/aromatic N) is 3. The van der Waals surface area contributed by atoms with Crippen LogP contribution in [0.2, 0.25) is 0 Å². The fourth-order valence-electron chi connectivity index (χ4n) is 2.91. The lowest BCUT2D eigenvalue weighted by molar-refractivity contribution is 0.0982. The number of hydrogen-bond acceptors (Lipinski definition) is 4. The molecule has 0 bridgehead atoms. The molecule has 0 saturated carbocycles. The van der Waals surface area contributed by atoms with Crippen molar-refractivity contribution in [1.29, 1.82) is 0 Å². The van der Waals surface area contributed by atoms with Crippen LogP contribution in [-0.4, -0.2) is 48.1 Å². The molecule has 0 spiro atoms. The van der Waals surface area contributed by atoms with Crippen LogP contribution in [0.3, 0.4) is 0 Å². The van der Waals surface area contributed by atoms with E-state index in [-0.39, 0.29) is 5.54 Å². The molecule has 2 heterocycles. The second kappa shape index (κ2) is 7.81. The van der Waals surface area contributed by atoms with Gasteiger partial charge in [0.2, 0.25) is 5.89 Å². The highest BCUT2D eigenvalue weighted by molar-refractivity contribution is 5.79. The van der Waals surface area contributed by atoms with Gasteiger partial charge in [0.25, 0.3) is 0 Å². The number of aromatic nitrogens is 1. The largest absolute Gasteiger partial charge is 0.444 e. The summed E-state index contributed by atoms with van der Waals surface area (Å²) in [6.45, 7) is 12.2. The normalized spacial score (nSPS) is 17.3. The molecule has 1 saturated heterocycles. The summed E-state index contributed by atoms with van der Waals surface area (Å²) in [7, 11) is 1.79. The van der Waals surface area contributed by atoms with E-state index in [2.05, 4.69) is 39.4 Å². The fraction of sp³-hybridized carbons (Fsp3) is 0.765. The summed E-state index contributed by atoms with van der Waals surface area (Å²) < 4.78 is 5.59. The number of aryl methyl sites for hydroxylation is 2. The van der Waals surface area contributed by atoms with E-state index < -0.39 is 0 Å². The Labute approximate surface area is 139 Å².